The normalized spacial score (nSPS) is 10.8. The van der Waals surface area contributed by atoms with Crippen LogP contribution < -0.4 is 5.63 Å². The predicted molar refractivity (Wildman–Crippen MR) is 46.5 cm³/mol. The van der Waals surface area contributed by atoms with E-state index >= 15 is 0 Å². The number of hydrogen-bond donors (Lipinski definition) is 0. The minimum Gasteiger partial charge on any atom is -0.431 e. The molecule has 0 fully saturated rings. The van der Waals surface area contributed by atoms with Crippen molar-refractivity contribution in [3.05, 3.63) is 33.9 Å². The molecule has 0 unspecified atom stereocenters. The molecule has 0 N–H and O–H groups in total. The van der Waals surface area contributed by atoms with Gasteiger partial charge in [-0.1, -0.05) is 0 Å². The van der Waals surface area contributed by atoms with Gasteiger partial charge in [-0.15, -0.1) is 0 Å². The first kappa shape index (κ1) is 9.95. The smallest absolute Gasteiger partial charge is 0.338 e. The van der Waals surface area contributed by atoms with Crippen LogP contribution in [0.1, 0.15) is 17.4 Å². The summed E-state index contributed by atoms with van der Waals surface area (Å²) in [4.78, 5) is 11.1. The average Bonchev–Trinajstić information content (AvgIpc) is 2.14. The summed E-state index contributed by atoms with van der Waals surface area (Å²) in [6.45, 7) is 1.67. The van der Waals surface area contributed by atoms with Crippen molar-refractivity contribution in [2.24, 2.45) is 0 Å². The van der Waals surface area contributed by atoms with E-state index in [9.17, 15) is 4.79 Å². The molecule has 0 aliphatic rings. The fourth-order valence-electron chi connectivity index (χ4n) is 1.11. The lowest BCUT2D eigenvalue weighted by Crippen LogP contribution is -2.12. The molecule has 72 valence electrons. The Labute approximate surface area is 76.1 Å². The van der Waals surface area contributed by atoms with Crippen molar-refractivity contribution in [3.8, 4) is 0 Å². The zero-order chi connectivity index (χ0) is 9.84. The fourth-order valence-corrected chi connectivity index (χ4v) is 1.11. The molecule has 4 heteroatoms. The summed E-state index contributed by atoms with van der Waals surface area (Å²) in [6.07, 6.45) is 0.819. The number of rotatable bonds is 3. The molecule has 0 saturated heterocycles. The summed E-state index contributed by atoms with van der Waals surface area (Å²) in [5, 5.41) is 0. The summed E-state index contributed by atoms with van der Waals surface area (Å²) >= 11 is 0. The summed E-state index contributed by atoms with van der Waals surface area (Å²) < 4.78 is 14.7. The van der Waals surface area contributed by atoms with Gasteiger partial charge in [0.1, 0.15) is 0 Å². The Hall–Kier alpha value is -1.13. The summed E-state index contributed by atoms with van der Waals surface area (Å²) in [7, 11) is 3.03. The van der Waals surface area contributed by atoms with Crippen LogP contribution >= 0.6 is 0 Å². The van der Waals surface area contributed by atoms with Gasteiger partial charge < -0.3 is 13.9 Å². The van der Waals surface area contributed by atoms with Gasteiger partial charge in [-0.3, -0.25) is 0 Å². The van der Waals surface area contributed by atoms with E-state index in [1.54, 1.807) is 13.0 Å². The molecular weight excluding hydrogens is 172 g/mol. The number of ether oxygens (including phenoxy) is 2. The van der Waals surface area contributed by atoms with Crippen LogP contribution in [0.3, 0.4) is 0 Å². The molecule has 0 aliphatic carbocycles. The molecule has 0 aliphatic heterocycles. The van der Waals surface area contributed by atoms with Crippen LogP contribution in [0.15, 0.2) is 21.5 Å². The molecule has 4 nitrogen and oxygen atoms in total. The second-order valence-corrected chi connectivity index (χ2v) is 2.59. The Bertz CT molecular complexity index is 325. The standard InChI is InChI=1S/C9H12O4/c1-6-7(9(11-2)12-3)4-5-13-8(6)10/h4-5,9H,1-3H3. The van der Waals surface area contributed by atoms with Crippen LogP contribution in [-0.4, -0.2) is 14.2 Å². The number of hydrogen-bond acceptors (Lipinski definition) is 4. The van der Waals surface area contributed by atoms with Gasteiger partial charge in [0.25, 0.3) is 0 Å². The maximum atomic E-state index is 11.1. The molecule has 1 aromatic heterocycles. The van der Waals surface area contributed by atoms with Crippen molar-refractivity contribution in [3.63, 3.8) is 0 Å². The van der Waals surface area contributed by atoms with Crippen molar-refractivity contribution in [2.75, 3.05) is 14.2 Å². The lowest BCUT2D eigenvalue weighted by atomic mass is 10.1. The second-order valence-electron chi connectivity index (χ2n) is 2.59. The highest BCUT2D eigenvalue weighted by atomic mass is 16.7. The third kappa shape index (κ3) is 1.96. The van der Waals surface area contributed by atoms with Gasteiger partial charge in [-0.25, -0.2) is 4.79 Å². The molecule has 1 aromatic rings. The largest absolute Gasteiger partial charge is 0.431 e. The Morgan fingerprint density at radius 1 is 1.38 bits per heavy atom. The Kier molecular flexibility index (Phi) is 3.22. The summed E-state index contributed by atoms with van der Waals surface area (Å²) in [6, 6.07) is 1.66. The van der Waals surface area contributed by atoms with Gasteiger partial charge >= 0.3 is 5.63 Å². The fraction of sp³-hybridized carbons (Fsp3) is 0.444. The molecule has 0 radical (unpaired) electrons. The van der Waals surface area contributed by atoms with Crippen LogP contribution in [0, 0.1) is 6.92 Å². The first-order chi connectivity index (χ1) is 6.20. The van der Waals surface area contributed by atoms with Crippen LogP contribution in [0.5, 0.6) is 0 Å². The van der Waals surface area contributed by atoms with Crippen LogP contribution in [-0.2, 0) is 9.47 Å². The van der Waals surface area contributed by atoms with E-state index in [0.29, 0.717) is 11.1 Å². The molecule has 1 rings (SSSR count). The summed E-state index contributed by atoms with van der Waals surface area (Å²) in [5.41, 5.74) is 0.842. The van der Waals surface area contributed by atoms with Crippen molar-refractivity contribution in [1.29, 1.82) is 0 Å². The van der Waals surface area contributed by atoms with Gasteiger partial charge in [0.15, 0.2) is 6.29 Å². The molecule has 13 heavy (non-hydrogen) atoms. The monoisotopic (exact) mass is 184 g/mol. The van der Waals surface area contributed by atoms with E-state index in [4.69, 9.17) is 9.47 Å². The van der Waals surface area contributed by atoms with E-state index in [1.807, 2.05) is 0 Å². The van der Waals surface area contributed by atoms with Gasteiger partial charge in [0, 0.05) is 25.3 Å². The molecule has 0 saturated carbocycles. The highest BCUT2D eigenvalue weighted by molar-refractivity contribution is 5.21. The quantitative estimate of drug-likeness (QED) is 0.663. The van der Waals surface area contributed by atoms with Crippen LogP contribution in [0.25, 0.3) is 0 Å². The van der Waals surface area contributed by atoms with Gasteiger partial charge in [-0.2, -0.15) is 0 Å². The van der Waals surface area contributed by atoms with E-state index < -0.39 is 6.29 Å². The molecule has 0 spiro atoms. The Balaban J connectivity index is 3.13. The molecule has 1 heterocycles. The molecule has 0 atom stereocenters. The first-order valence-corrected chi connectivity index (χ1v) is 3.84. The second kappa shape index (κ2) is 4.20. The minimum absolute atomic E-state index is 0.364. The lowest BCUT2D eigenvalue weighted by Gasteiger charge is -2.14. The molecule has 0 aromatic carbocycles. The Morgan fingerprint density at radius 2 is 2.00 bits per heavy atom. The van der Waals surface area contributed by atoms with E-state index in [0.717, 1.165) is 0 Å². The number of methoxy groups -OCH3 is 2. The van der Waals surface area contributed by atoms with E-state index in [-0.39, 0.29) is 5.63 Å². The topological polar surface area (TPSA) is 48.7 Å². The maximum absolute atomic E-state index is 11.1. The maximum Gasteiger partial charge on any atom is 0.338 e. The Morgan fingerprint density at radius 3 is 2.54 bits per heavy atom. The van der Waals surface area contributed by atoms with Gasteiger partial charge in [0.2, 0.25) is 0 Å². The van der Waals surface area contributed by atoms with Crippen molar-refractivity contribution in [1.82, 2.24) is 0 Å². The van der Waals surface area contributed by atoms with Gasteiger partial charge in [0.05, 0.1) is 6.26 Å². The third-order valence-corrected chi connectivity index (χ3v) is 1.84. The predicted octanol–water partition coefficient (Wildman–Crippen LogP) is 1.24. The zero-order valence-corrected chi connectivity index (χ0v) is 7.87. The highest BCUT2D eigenvalue weighted by Gasteiger charge is 2.13. The van der Waals surface area contributed by atoms with Crippen molar-refractivity contribution in [2.45, 2.75) is 13.2 Å². The van der Waals surface area contributed by atoms with E-state index in [1.165, 1.54) is 20.5 Å². The minimum atomic E-state index is -0.510. The SMILES string of the molecule is COC(OC)c1ccoc(=O)c1C. The first-order valence-electron chi connectivity index (χ1n) is 3.84. The van der Waals surface area contributed by atoms with Crippen molar-refractivity contribution < 1.29 is 13.9 Å². The lowest BCUT2D eigenvalue weighted by molar-refractivity contribution is -0.106. The zero-order valence-electron chi connectivity index (χ0n) is 7.87. The summed E-state index contributed by atoms with van der Waals surface area (Å²) in [5.74, 6) is 0. The third-order valence-electron chi connectivity index (χ3n) is 1.84. The molecule has 0 amide bonds. The van der Waals surface area contributed by atoms with Gasteiger partial charge in [-0.05, 0) is 13.0 Å². The van der Waals surface area contributed by atoms with Crippen LogP contribution in [0.4, 0.5) is 0 Å². The van der Waals surface area contributed by atoms with Crippen LogP contribution in [0.2, 0.25) is 0 Å². The van der Waals surface area contributed by atoms with Crippen molar-refractivity contribution >= 4 is 0 Å². The molecular formula is C9H12O4. The highest BCUT2D eigenvalue weighted by Crippen LogP contribution is 2.18. The molecule has 0 bridgehead atoms. The average molecular weight is 184 g/mol. The van der Waals surface area contributed by atoms with E-state index in [2.05, 4.69) is 4.42 Å².